The highest BCUT2D eigenvalue weighted by Crippen LogP contribution is 2.35. The lowest BCUT2D eigenvalue weighted by molar-refractivity contribution is -0.150. The fourth-order valence-corrected chi connectivity index (χ4v) is 3.82. The van der Waals surface area contributed by atoms with Crippen molar-refractivity contribution in [3.63, 3.8) is 0 Å². The molecule has 178 valence electrons. The number of primary amides is 1. The third-order valence-corrected chi connectivity index (χ3v) is 5.52. The molecule has 2 N–H and O–H groups in total. The van der Waals surface area contributed by atoms with E-state index in [1.54, 1.807) is 25.1 Å². The molecule has 1 unspecified atom stereocenters. The van der Waals surface area contributed by atoms with E-state index in [-0.39, 0.29) is 24.2 Å². The van der Waals surface area contributed by atoms with Crippen LogP contribution in [0.25, 0.3) is 10.9 Å². The van der Waals surface area contributed by atoms with E-state index in [2.05, 4.69) is 4.74 Å². The highest BCUT2D eigenvalue weighted by atomic mass is 16.6. The van der Waals surface area contributed by atoms with E-state index >= 15 is 0 Å². The number of ether oxygens (including phenoxy) is 3. The van der Waals surface area contributed by atoms with Crippen LogP contribution < -0.4 is 10.5 Å². The molecule has 0 spiro atoms. The minimum Gasteiger partial charge on any atom is -0.478 e. The number of Topliss-reactive ketones (excluding diaryl/α,β-unsaturated/α-hetero) is 1. The Morgan fingerprint density at radius 3 is 2.29 bits per heavy atom. The van der Waals surface area contributed by atoms with E-state index in [9.17, 15) is 19.2 Å². The van der Waals surface area contributed by atoms with Crippen molar-refractivity contribution in [3.05, 3.63) is 65.4 Å². The van der Waals surface area contributed by atoms with E-state index in [4.69, 9.17) is 15.2 Å². The second-order valence-corrected chi connectivity index (χ2v) is 7.62. The number of fused-ring (bicyclic) bond motifs is 1. The quantitative estimate of drug-likeness (QED) is 0.276. The van der Waals surface area contributed by atoms with Crippen molar-refractivity contribution >= 4 is 34.5 Å². The monoisotopic (exact) mass is 466 g/mol. The van der Waals surface area contributed by atoms with Crippen molar-refractivity contribution in [2.75, 3.05) is 14.2 Å². The zero-order chi connectivity index (χ0) is 24.8. The third kappa shape index (κ3) is 5.09. The van der Waals surface area contributed by atoms with E-state index < -0.39 is 29.7 Å². The van der Waals surface area contributed by atoms with Gasteiger partial charge in [-0.05, 0) is 24.6 Å². The summed E-state index contributed by atoms with van der Waals surface area (Å²) < 4.78 is 17.3. The van der Waals surface area contributed by atoms with Gasteiger partial charge in [0.2, 0.25) is 0 Å². The van der Waals surface area contributed by atoms with Gasteiger partial charge in [-0.2, -0.15) is 0 Å². The number of benzene rings is 2. The first-order chi connectivity index (χ1) is 16.3. The Hall–Kier alpha value is -4.14. The van der Waals surface area contributed by atoms with E-state index in [1.165, 1.54) is 14.2 Å². The Labute approximate surface area is 196 Å². The number of methoxy groups -OCH3 is 2. The second kappa shape index (κ2) is 10.7. The minimum atomic E-state index is -1.14. The van der Waals surface area contributed by atoms with Crippen LogP contribution in [0.2, 0.25) is 0 Å². The van der Waals surface area contributed by atoms with Gasteiger partial charge in [0.05, 0.1) is 30.7 Å². The molecule has 1 heterocycles. The molecular weight excluding hydrogens is 440 g/mol. The molecule has 9 heteroatoms. The van der Waals surface area contributed by atoms with Gasteiger partial charge in [-0.1, -0.05) is 36.4 Å². The van der Waals surface area contributed by atoms with Crippen LogP contribution in [0.4, 0.5) is 0 Å². The van der Waals surface area contributed by atoms with Gasteiger partial charge >= 0.3 is 11.9 Å². The fraction of sp³-hybridized carbons (Fsp3) is 0.280. The predicted molar refractivity (Wildman–Crippen MR) is 123 cm³/mol. The maximum Gasteiger partial charge on any atom is 0.347 e. The summed E-state index contributed by atoms with van der Waals surface area (Å²) in [5, 5.41) is 0.353. The molecule has 0 aliphatic heterocycles. The number of esters is 2. The molecule has 2 aromatic carbocycles. The first-order valence-electron chi connectivity index (χ1n) is 10.6. The number of carbonyl (C=O) groups is 4. The number of ketones is 1. The Bertz CT molecular complexity index is 1230. The molecule has 34 heavy (non-hydrogen) atoms. The third-order valence-electron chi connectivity index (χ3n) is 5.52. The van der Waals surface area contributed by atoms with Crippen molar-refractivity contribution in [1.29, 1.82) is 0 Å². The van der Waals surface area contributed by atoms with Gasteiger partial charge < -0.3 is 24.5 Å². The van der Waals surface area contributed by atoms with Crippen molar-refractivity contribution in [2.45, 2.75) is 32.4 Å². The van der Waals surface area contributed by atoms with Crippen molar-refractivity contribution in [2.24, 2.45) is 5.73 Å². The number of nitrogens with two attached hydrogens (primary N) is 1. The van der Waals surface area contributed by atoms with Gasteiger partial charge in [-0.25, -0.2) is 4.79 Å². The number of hydrogen-bond acceptors (Lipinski definition) is 7. The number of rotatable bonds is 10. The normalized spacial score (nSPS) is 11.6. The van der Waals surface area contributed by atoms with E-state index in [0.29, 0.717) is 23.1 Å². The van der Waals surface area contributed by atoms with Crippen LogP contribution in [0.3, 0.4) is 0 Å². The molecule has 1 amide bonds. The second-order valence-electron chi connectivity index (χ2n) is 7.62. The smallest absolute Gasteiger partial charge is 0.347 e. The Morgan fingerprint density at radius 2 is 1.68 bits per heavy atom. The number of hydrogen-bond donors (Lipinski definition) is 1. The molecule has 1 atom stereocenters. The number of nitrogens with zero attached hydrogens (tertiary/aromatic N) is 1. The largest absolute Gasteiger partial charge is 0.478 e. The first-order valence-corrected chi connectivity index (χ1v) is 10.6. The molecule has 1 aromatic heterocycles. The summed E-state index contributed by atoms with van der Waals surface area (Å²) in [6, 6.07) is 14.7. The SMILES string of the molecule is COC(=O)CCC(Oc1cccc2c1c(C(=O)C(N)=O)c(C)n2Cc1ccccc1)C(=O)OC. The van der Waals surface area contributed by atoms with Crippen LogP contribution in [-0.2, 0) is 30.4 Å². The van der Waals surface area contributed by atoms with Crippen molar-refractivity contribution in [3.8, 4) is 5.75 Å². The van der Waals surface area contributed by atoms with Crippen LogP contribution >= 0.6 is 0 Å². The fourth-order valence-electron chi connectivity index (χ4n) is 3.82. The highest BCUT2D eigenvalue weighted by Gasteiger charge is 2.29. The summed E-state index contributed by atoms with van der Waals surface area (Å²) in [5.74, 6) is -2.98. The Kier molecular flexibility index (Phi) is 7.68. The lowest BCUT2D eigenvalue weighted by atomic mass is 10.1. The standard InChI is InChI=1S/C25H26N2O7/c1-15-21(23(29)24(26)30)22-17(27(15)14-16-8-5-4-6-9-16)10-7-11-18(22)34-19(25(31)33-3)12-13-20(28)32-2/h4-11,19H,12-14H2,1-3H3,(H2,26,30). The zero-order valence-electron chi connectivity index (χ0n) is 19.2. The van der Waals surface area contributed by atoms with E-state index in [1.807, 2.05) is 34.9 Å². The number of carbonyl (C=O) groups excluding carboxylic acids is 4. The summed E-state index contributed by atoms with van der Waals surface area (Å²) in [5.41, 5.74) is 7.58. The molecule has 0 fully saturated rings. The maximum absolute atomic E-state index is 12.8. The minimum absolute atomic E-state index is 0.00145. The highest BCUT2D eigenvalue weighted by molar-refractivity contribution is 6.45. The molecule has 0 saturated heterocycles. The average Bonchev–Trinajstić information content (AvgIpc) is 3.12. The van der Waals surface area contributed by atoms with Crippen LogP contribution in [0, 0.1) is 6.92 Å². The van der Waals surface area contributed by atoms with Gasteiger partial charge in [0, 0.05) is 25.1 Å². The lowest BCUT2D eigenvalue weighted by Gasteiger charge is -2.17. The molecule has 9 nitrogen and oxygen atoms in total. The van der Waals surface area contributed by atoms with Crippen molar-refractivity contribution < 1.29 is 33.4 Å². The molecule has 3 rings (SSSR count). The maximum atomic E-state index is 12.8. The predicted octanol–water partition coefficient (Wildman–Crippen LogP) is 2.54. The molecule has 0 radical (unpaired) electrons. The molecular formula is C25H26N2O7. The Balaban J connectivity index is 2.14. The molecule has 0 aliphatic carbocycles. The lowest BCUT2D eigenvalue weighted by Crippen LogP contribution is -2.29. The molecule has 0 bridgehead atoms. The van der Waals surface area contributed by atoms with Gasteiger partial charge in [0.25, 0.3) is 11.7 Å². The van der Waals surface area contributed by atoms with Crippen LogP contribution in [0.1, 0.15) is 34.5 Å². The van der Waals surface area contributed by atoms with E-state index in [0.717, 1.165) is 5.56 Å². The number of aromatic nitrogens is 1. The van der Waals surface area contributed by atoms with Gasteiger partial charge in [-0.3, -0.25) is 14.4 Å². The van der Waals surface area contributed by atoms with Gasteiger partial charge in [0.15, 0.2) is 6.10 Å². The van der Waals surface area contributed by atoms with Crippen LogP contribution in [0.5, 0.6) is 5.75 Å². The van der Waals surface area contributed by atoms with Crippen molar-refractivity contribution in [1.82, 2.24) is 4.57 Å². The first kappa shape index (κ1) is 24.5. The average molecular weight is 466 g/mol. The van der Waals surface area contributed by atoms with Gasteiger partial charge in [-0.15, -0.1) is 0 Å². The van der Waals surface area contributed by atoms with Crippen LogP contribution in [0.15, 0.2) is 48.5 Å². The van der Waals surface area contributed by atoms with Crippen LogP contribution in [-0.4, -0.2) is 48.5 Å². The summed E-state index contributed by atoms with van der Waals surface area (Å²) in [4.78, 5) is 48.6. The molecule has 0 aliphatic rings. The van der Waals surface area contributed by atoms with Gasteiger partial charge in [0.1, 0.15) is 5.75 Å². The molecule has 3 aromatic rings. The summed E-state index contributed by atoms with van der Waals surface area (Å²) >= 11 is 0. The number of amides is 1. The summed E-state index contributed by atoms with van der Waals surface area (Å²) in [6.07, 6.45) is -1.21. The zero-order valence-corrected chi connectivity index (χ0v) is 19.2. The topological polar surface area (TPSA) is 127 Å². The summed E-state index contributed by atoms with van der Waals surface area (Å²) in [7, 11) is 2.46. The molecule has 0 saturated carbocycles. The summed E-state index contributed by atoms with van der Waals surface area (Å²) in [6.45, 7) is 2.15. The Morgan fingerprint density at radius 1 is 0.971 bits per heavy atom.